The van der Waals surface area contributed by atoms with Gasteiger partial charge in [0.2, 0.25) is 5.95 Å². The Morgan fingerprint density at radius 1 is 1.15 bits per heavy atom. The van der Waals surface area contributed by atoms with E-state index in [1.165, 1.54) is 0 Å². The van der Waals surface area contributed by atoms with Crippen molar-refractivity contribution < 1.29 is 9.47 Å². The van der Waals surface area contributed by atoms with Crippen molar-refractivity contribution in [1.29, 1.82) is 0 Å². The number of ether oxygens (including phenoxy) is 2. The van der Waals surface area contributed by atoms with E-state index >= 15 is 0 Å². The number of nitrogens with zero attached hydrogens (tertiary/aromatic N) is 4. The second-order valence-electron chi connectivity index (χ2n) is 8.55. The molecule has 33 heavy (non-hydrogen) atoms. The minimum absolute atomic E-state index is 0.0537. The van der Waals surface area contributed by atoms with E-state index in [1.807, 2.05) is 76.0 Å². The maximum Gasteiger partial charge on any atom is 0.282 e. The van der Waals surface area contributed by atoms with Crippen LogP contribution in [-0.4, -0.2) is 56.1 Å². The zero-order valence-electron chi connectivity index (χ0n) is 20.7. The molecule has 2 aromatic carbocycles. The van der Waals surface area contributed by atoms with Crippen molar-refractivity contribution in [3.8, 4) is 11.5 Å². The summed E-state index contributed by atoms with van der Waals surface area (Å²) in [5.41, 5.74) is 3.10. The third-order valence-corrected chi connectivity index (χ3v) is 5.58. The Morgan fingerprint density at radius 3 is 2.48 bits per heavy atom. The molecule has 0 amide bonds. The number of amidine groups is 1. The first-order chi connectivity index (χ1) is 15.7. The van der Waals surface area contributed by atoms with Crippen molar-refractivity contribution in [1.82, 2.24) is 14.9 Å². The van der Waals surface area contributed by atoms with E-state index in [-0.39, 0.29) is 11.5 Å². The second kappa shape index (κ2) is 9.94. The standard InChI is InChI=1S/C25H33N5O3/c1-15(2)21-22-19(13-20(32-7)23(21)33-8)27-25(28-24(22)31)30(6)14-17-10-9-11-18(12-17)26-16(3)29(4)5/h9-13,15H,14H2,1-8H3,(H,27,28,31)/b26-16+. The lowest BCUT2D eigenvalue weighted by atomic mass is 9.97. The molecule has 3 aromatic rings. The summed E-state index contributed by atoms with van der Waals surface area (Å²) >= 11 is 0. The Labute approximate surface area is 194 Å². The third-order valence-electron chi connectivity index (χ3n) is 5.58. The van der Waals surface area contributed by atoms with Crippen LogP contribution in [0.15, 0.2) is 40.1 Å². The largest absolute Gasteiger partial charge is 0.493 e. The smallest absolute Gasteiger partial charge is 0.282 e. The average molecular weight is 452 g/mol. The van der Waals surface area contributed by atoms with Crippen LogP contribution < -0.4 is 19.9 Å². The number of hydrogen-bond acceptors (Lipinski definition) is 6. The summed E-state index contributed by atoms with van der Waals surface area (Å²) in [6.45, 7) is 6.56. The summed E-state index contributed by atoms with van der Waals surface area (Å²) < 4.78 is 11.1. The first-order valence-electron chi connectivity index (χ1n) is 10.9. The number of nitrogens with one attached hydrogen (secondary N) is 1. The fourth-order valence-corrected chi connectivity index (χ4v) is 3.74. The third kappa shape index (κ3) is 5.10. The van der Waals surface area contributed by atoms with Gasteiger partial charge in [0.15, 0.2) is 11.5 Å². The summed E-state index contributed by atoms with van der Waals surface area (Å²) in [6, 6.07) is 9.81. The molecular formula is C25H33N5O3. The number of aliphatic imine (C=N–C) groups is 1. The van der Waals surface area contributed by atoms with Crippen LogP contribution in [0.4, 0.5) is 11.6 Å². The van der Waals surface area contributed by atoms with Crippen LogP contribution >= 0.6 is 0 Å². The quantitative estimate of drug-likeness (QED) is 0.426. The molecule has 0 spiro atoms. The molecule has 0 unspecified atom stereocenters. The molecule has 0 saturated carbocycles. The molecule has 1 heterocycles. The fraction of sp³-hybridized carbons (Fsp3) is 0.400. The Kier molecular flexibility index (Phi) is 7.26. The SMILES string of the molecule is COc1cc2[nH]c(N(C)Cc3cccc(/N=C(\C)N(C)C)c3)nc(=O)c2c(C(C)C)c1OC. The first kappa shape index (κ1) is 24.1. The first-order valence-corrected chi connectivity index (χ1v) is 10.9. The highest BCUT2D eigenvalue weighted by molar-refractivity contribution is 5.87. The van der Waals surface area contributed by atoms with Crippen LogP contribution in [0.1, 0.15) is 37.8 Å². The number of methoxy groups -OCH3 is 2. The molecule has 1 aromatic heterocycles. The molecule has 0 atom stereocenters. The van der Waals surface area contributed by atoms with Crippen molar-refractivity contribution in [3.05, 3.63) is 51.8 Å². The van der Waals surface area contributed by atoms with E-state index in [1.54, 1.807) is 20.3 Å². The predicted molar refractivity (Wildman–Crippen MR) is 135 cm³/mol. The number of rotatable bonds is 7. The number of anilines is 1. The Bertz CT molecular complexity index is 1230. The average Bonchev–Trinajstić information content (AvgIpc) is 2.77. The highest BCUT2D eigenvalue weighted by Gasteiger charge is 2.21. The Balaban J connectivity index is 2.01. The number of aromatic nitrogens is 2. The zero-order chi connectivity index (χ0) is 24.3. The molecule has 0 radical (unpaired) electrons. The van der Waals surface area contributed by atoms with E-state index < -0.39 is 0 Å². The predicted octanol–water partition coefficient (Wildman–Crippen LogP) is 4.31. The number of hydrogen-bond donors (Lipinski definition) is 1. The van der Waals surface area contributed by atoms with Gasteiger partial charge in [0.05, 0.1) is 30.8 Å². The summed E-state index contributed by atoms with van der Waals surface area (Å²) in [7, 11) is 9.00. The van der Waals surface area contributed by atoms with Gasteiger partial charge in [0.25, 0.3) is 5.56 Å². The number of H-pyrrole nitrogens is 1. The highest BCUT2D eigenvalue weighted by Crippen LogP contribution is 2.39. The van der Waals surface area contributed by atoms with Gasteiger partial charge in [-0.05, 0) is 30.5 Å². The Hall–Kier alpha value is -3.55. The molecule has 0 aliphatic heterocycles. The van der Waals surface area contributed by atoms with Crippen LogP contribution in [0.3, 0.4) is 0 Å². The number of benzene rings is 2. The Morgan fingerprint density at radius 2 is 1.88 bits per heavy atom. The maximum absolute atomic E-state index is 13.1. The normalized spacial score (nSPS) is 11.7. The number of aromatic amines is 1. The second-order valence-corrected chi connectivity index (χ2v) is 8.55. The van der Waals surface area contributed by atoms with Crippen molar-refractivity contribution in [2.75, 3.05) is 40.3 Å². The van der Waals surface area contributed by atoms with Gasteiger partial charge in [0.1, 0.15) is 5.84 Å². The van der Waals surface area contributed by atoms with E-state index in [0.29, 0.717) is 34.9 Å². The van der Waals surface area contributed by atoms with Gasteiger partial charge < -0.3 is 24.3 Å². The van der Waals surface area contributed by atoms with Gasteiger partial charge >= 0.3 is 0 Å². The molecule has 176 valence electrons. The van der Waals surface area contributed by atoms with Crippen molar-refractivity contribution in [2.24, 2.45) is 4.99 Å². The van der Waals surface area contributed by atoms with Crippen LogP contribution in [0.5, 0.6) is 11.5 Å². The number of fused-ring (bicyclic) bond motifs is 1. The molecule has 8 nitrogen and oxygen atoms in total. The van der Waals surface area contributed by atoms with Gasteiger partial charge in [-0.1, -0.05) is 26.0 Å². The van der Waals surface area contributed by atoms with Crippen molar-refractivity contribution >= 4 is 28.4 Å². The monoisotopic (exact) mass is 451 g/mol. The van der Waals surface area contributed by atoms with E-state index in [2.05, 4.69) is 15.0 Å². The van der Waals surface area contributed by atoms with Crippen LogP contribution in [-0.2, 0) is 6.54 Å². The molecule has 0 bridgehead atoms. The molecule has 0 fully saturated rings. The molecule has 0 saturated heterocycles. The summed E-state index contributed by atoms with van der Waals surface area (Å²) in [6.07, 6.45) is 0. The zero-order valence-corrected chi connectivity index (χ0v) is 20.7. The van der Waals surface area contributed by atoms with E-state index in [9.17, 15) is 4.79 Å². The van der Waals surface area contributed by atoms with Gasteiger partial charge in [-0.2, -0.15) is 4.98 Å². The molecule has 3 rings (SSSR count). The van der Waals surface area contributed by atoms with Gasteiger partial charge in [-0.25, -0.2) is 4.99 Å². The lowest BCUT2D eigenvalue weighted by Gasteiger charge is -2.21. The maximum atomic E-state index is 13.1. The van der Waals surface area contributed by atoms with E-state index in [4.69, 9.17) is 9.47 Å². The highest BCUT2D eigenvalue weighted by atomic mass is 16.5. The minimum atomic E-state index is -0.296. The molecule has 1 N–H and O–H groups in total. The minimum Gasteiger partial charge on any atom is -0.493 e. The molecule has 0 aliphatic rings. The lowest BCUT2D eigenvalue weighted by Crippen LogP contribution is -2.23. The van der Waals surface area contributed by atoms with Crippen LogP contribution in [0, 0.1) is 0 Å². The van der Waals surface area contributed by atoms with Gasteiger partial charge in [-0.3, -0.25) is 4.79 Å². The fourth-order valence-electron chi connectivity index (χ4n) is 3.74. The lowest BCUT2D eigenvalue weighted by molar-refractivity contribution is 0.351. The van der Waals surface area contributed by atoms with Crippen LogP contribution in [0.2, 0.25) is 0 Å². The van der Waals surface area contributed by atoms with Crippen molar-refractivity contribution in [2.45, 2.75) is 33.2 Å². The van der Waals surface area contributed by atoms with Crippen molar-refractivity contribution in [3.63, 3.8) is 0 Å². The molecular weight excluding hydrogens is 418 g/mol. The van der Waals surface area contributed by atoms with Crippen LogP contribution in [0.25, 0.3) is 10.9 Å². The van der Waals surface area contributed by atoms with Gasteiger partial charge in [-0.15, -0.1) is 0 Å². The summed E-state index contributed by atoms with van der Waals surface area (Å²) in [5.74, 6) is 2.60. The molecule has 8 heteroatoms. The van der Waals surface area contributed by atoms with Gasteiger partial charge in [0, 0.05) is 39.3 Å². The van der Waals surface area contributed by atoms with E-state index in [0.717, 1.165) is 22.6 Å². The summed E-state index contributed by atoms with van der Waals surface area (Å²) in [5, 5.41) is 0.523. The molecule has 0 aliphatic carbocycles. The summed E-state index contributed by atoms with van der Waals surface area (Å²) in [4.78, 5) is 29.3. The topological polar surface area (TPSA) is 83.0 Å².